The molecule has 0 unspecified atom stereocenters. The molecule has 0 saturated heterocycles. The summed E-state index contributed by atoms with van der Waals surface area (Å²) in [6.45, 7) is 3.74. The fraction of sp³-hybridized carbons (Fsp3) is 0.316. The van der Waals surface area contributed by atoms with Crippen LogP contribution < -0.4 is 20.1 Å². The second-order valence-corrected chi connectivity index (χ2v) is 5.87. The molecule has 0 aliphatic carbocycles. The van der Waals surface area contributed by atoms with Crippen LogP contribution in [-0.2, 0) is 13.0 Å². The maximum absolute atomic E-state index is 12.6. The fourth-order valence-corrected chi connectivity index (χ4v) is 2.98. The molecule has 2 N–H and O–H groups in total. The Morgan fingerprint density at radius 3 is 2.40 bits per heavy atom. The van der Waals surface area contributed by atoms with Crippen LogP contribution in [0.1, 0.15) is 27.0 Å². The van der Waals surface area contributed by atoms with Crippen LogP contribution in [0.5, 0.6) is 11.5 Å². The van der Waals surface area contributed by atoms with Gasteiger partial charge in [0.2, 0.25) is 0 Å². The van der Waals surface area contributed by atoms with E-state index in [-0.39, 0.29) is 18.3 Å². The summed E-state index contributed by atoms with van der Waals surface area (Å²) in [4.78, 5) is 12.6. The first-order valence-corrected chi connectivity index (χ1v) is 7.99. The number of fused-ring (bicyclic) bond motifs is 1. The number of hydrogen-bond acceptors (Lipinski definition) is 4. The minimum atomic E-state index is -0.185. The smallest absolute Gasteiger partial charge is 0.255 e. The highest BCUT2D eigenvalue weighted by molar-refractivity contribution is 6.05. The van der Waals surface area contributed by atoms with Crippen molar-refractivity contribution >= 4 is 24.0 Å². The van der Waals surface area contributed by atoms with E-state index in [4.69, 9.17) is 9.47 Å². The van der Waals surface area contributed by atoms with Gasteiger partial charge in [-0.05, 0) is 55.3 Å². The molecule has 3 rings (SSSR count). The van der Waals surface area contributed by atoms with E-state index in [0.29, 0.717) is 17.1 Å². The summed E-state index contributed by atoms with van der Waals surface area (Å²) < 4.78 is 10.7. The Morgan fingerprint density at radius 1 is 1.08 bits per heavy atom. The van der Waals surface area contributed by atoms with Gasteiger partial charge in [0.15, 0.2) is 0 Å². The summed E-state index contributed by atoms with van der Waals surface area (Å²) in [6, 6.07) is 9.52. The van der Waals surface area contributed by atoms with E-state index < -0.39 is 0 Å². The molecule has 1 aliphatic heterocycles. The number of anilines is 1. The van der Waals surface area contributed by atoms with Gasteiger partial charge in [-0.25, -0.2) is 0 Å². The number of benzene rings is 2. The number of halogens is 1. The quantitative estimate of drug-likeness (QED) is 0.875. The van der Waals surface area contributed by atoms with Crippen molar-refractivity contribution in [2.45, 2.75) is 19.9 Å². The van der Waals surface area contributed by atoms with Crippen molar-refractivity contribution in [3.8, 4) is 11.5 Å². The number of carbonyl (C=O) groups is 1. The Balaban J connectivity index is 0.00000225. The van der Waals surface area contributed by atoms with Gasteiger partial charge in [0.05, 0.1) is 14.2 Å². The average Bonchev–Trinajstić information content (AvgIpc) is 2.61. The molecule has 1 amide bonds. The largest absolute Gasteiger partial charge is 0.496 e. The summed E-state index contributed by atoms with van der Waals surface area (Å²) in [5.41, 5.74) is 4.74. The average molecular weight is 363 g/mol. The van der Waals surface area contributed by atoms with Crippen molar-refractivity contribution in [1.82, 2.24) is 5.32 Å². The van der Waals surface area contributed by atoms with E-state index in [2.05, 4.69) is 16.7 Å². The maximum atomic E-state index is 12.6. The molecule has 134 valence electrons. The third kappa shape index (κ3) is 4.06. The number of carbonyl (C=O) groups excluding carboxylic acids is 1. The van der Waals surface area contributed by atoms with Crippen LogP contribution in [0.4, 0.5) is 5.69 Å². The van der Waals surface area contributed by atoms with Gasteiger partial charge in [-0.15, -0.1) is 12.4 Å². The van der Waals surface area contributed by atoms with Crippen molar-refractivity contribution in [1.29, 1.82) is 0 Å². The molecule has 0 atom stereocenters. The number of rotatable bonds is 4. The van der Waals surface area contributed by atoms with Crippen LogP contribution in [0.15, 0.2) is 30.3 Å². The first-order chi connectivity index (χ1) is 11.6. The van der Waals surface area contributed by atoms with Gasteiger partial charge in [0.1, 0.15) is 11.5 Å². The maximum Gasteiger partial charge on any atom is 0.255 e. The summed E-state index contributed by atoms with van der Waals surface area (Å²) in [5, 5.41) is 6.30. The predicted molar refractivity (Wildman–Crippen MR) is 101 cm³/mol. The molecular weight excluding hydrogens is 340 g/mol. The van der Waals surface area contributed by atoms with Crippen LogP contribution in [0.2, 0.25) is 0 Å². The molecule has 1 aliphatic rings. The first kappa shape index (κ1) is 19.1. The van der Waals surface area contributed by atoms with Gasteiger partial charge in [-0.2, -0.15) is 0 Å². The van der Waals surface area contributed by atoms with E-state index in [1.807, 2.05) is 19.1 Å². The lowest BCUT2D eigenvalue weighted by atomic mass is 10.0. The lowest BCUT2D eigenvalue weighted by Gasteiger charge is -2.18. The van der Waals surface area contributed by atoms with E-state index in [1.54, 1.807) is 26.4 Å². The molecule has 0 saturated carbocycles. The Bertz CT molecular complexity index is 752. The highest BCUT2D eigenvalue weighted by atomic mass is 35.5. The molecule has 25 heavy (non-hydrogen) atoms. The molecule has 0 spiro atoms. The third-order valence-electron chi connectivity index (χ3n) is 4.37. The zero-order chi connectivity index (χ0) is 17.1. The van der Waals surface area contributed by atoms with Gasteiger partial charge in [-0.1, -0.05) is 6.07 Å². The molecule has 6 heteroatoms. The number of nitrogens with one attached hydrogen (secondary N) is 2. The Kier molecular flexibility index (Phi) is 6.28. The van der Waals surface area contributed by atoms with Crippen LogP contribution in [-0.4, -0.2) is 26.7 Å². The number of ether oxygens (including phenoxy) is 2. The predicted octanol–water partition coefficient (Wildman–Crippen LogP) is 3.33. The molecule has 0 radical (unpaired) electrons. The third-order valence-corrected chi connectivity index (χ3v) is 4.37. The standard InChI is InChI=1S/C19H22N2O3.ClH/c1-12-17(23-2)9-14(10-18(12)24-3)19(22)21-16-5-4-13-6-7-20-11-15(13)8-16;/h4-5,8-10,20H,6-7,11H2,1-3H3,(H,21,22);1H. The van der Waals surface area contributed by atoms with Gasteiger partial charge in [0.25, 0.3) is 5.91 Å². The minimum absolute atomic E-state index is 0. The Hall–Kier alpha value is -2.24. The van der Waals surface area contributed by atoms with Crippen molar-refractivity contribution in [3.63, 3.8) is 0 Å². The second-order valence-electron chi connectivity index (χ2n) is 5.87. The molecule has 2 aromatic carbocycles. The SMILES string of the molecule is COc1cc(C(=O)Nc2ccc3c(c2)CNCC3)cc(OC)c1C.Cl. The molecule has 5 nitrogen and oxygen atoms in total. The van der Waals surface area contributed by atoms with E-state index >= 15 is 0 Å². The molecule has 2 aromatic rings. The van der Waals surface area contributed by atoms with Gasteiger partial charge >= 0.3 is 0 Å². The van der Waals surface area contributed by atoms with Gasteiger partial charge < -0.3 is 20.1 Å². The Morgan fingerprint density at radius 2 is 1.76 bits per heavy atom. The van der Waals surface area contributed by atoms with E-state index in [1.165, 1.54) is 11.1 Å². The van der Waals surface area contributed by atoms with Crippen LogP contribution in [0, 0.1) is 6.92 Å². The summed E-state index contributed by atoms with van der Waals surface area (Å²) in [5.74, 6) is 1.08. The molecular formula is C19H23ClN2O3. The summed E-state index contributed by atoms with van der Waals surface area (Å²) >= 11 is 0. The number of hydrogen-bond donors (Lipinski definition) is 2. The monoisotopic (exact) mass is 362 g/mol. The number of methoxy groups -OCH3 is 2. The van der Waals surface area contributed by atoms with E-state index in [9.17, 15) is 4.79 Å². The zero-order valence-electron chi connectivity index (χ0n) is 14.6. The molecule has 0 bridgehead atoms. The molecule has 1 heterocycles. The van der Waals surface area contributed by atoms with Crippen molar-refractivity contribution in [3.05, 3.63) is 52.6 Å². The van der Waals surface area contributed by atoms with Gasteiger partial charge in [0, 0.05) is 23.4 Å². The highest BCUT2D eigenvalue weighted by Gasteiger charge is 2.15. The zero-order valence-corrected chi connectivity index (χ0v) is 15.5. The summed E-state index contributed by atoms with van der Waals surface area (Å²) in [7, 11) is 3.17. The van der Waals surface area contributed by atoms with Crippen molar-refractivity contribution < 1.29 is 14.3 Å². The normalized spacial score (nSPS) is 12.6. The van der Waals surface area contributed by atoms with Crippen LogP contribution in [0.3, 0.4) is 0 Å². The van der Waals surface area contributed by atoms with Crippen molar-refractivity contribution in [2.24, 2.45) is 0 Å². The first-order valence-electron chi connectivity index (χ1n) is 7.99. The van der Waals surface area contributed by atoms with Crippen molar-refractivity contribution in [2.75, 3.05) is 26.1 Å². The minimum Gasteiger partial charge on any atom is -0.496 e. The van der Waals surface area contributed by atoms with Gasteiger partial charge in [-0.3, -0.25) is 4.79 Å². The Labute approximate surface area is 154 Å². The van der Waals surface area contributed by atoms with Crippen LogP contribution in [0.25, 0.3) is 0 Å². The number of amides is 1. The lowest BCUT2D eigenvalue weighted by molar-refractivity contribution is 0.102. The fourth-order valence-electron chi connectivity index (χ4n) is 2.98. The molecule has 0 fully saturated rings. The second kappa shape index (κ2) is 8.23. The van der Waals surface area contributed by atoms with Crippen LogP contribution >= 0.6 is 12.4 Å². The lowest BCUT2D eigenvalue weighted by Crippen LogP contribution is -2.23. The molecule has 0 aromatic heterocycles. The highest BCUT2D eigenvalue weighted by Crippen LogP contribution is 2.30. The summed E-state index contributed by atoms with van der Waals surface area (Å²) in [6.07, 6.45) is 1.02. The topological polar surface area (TPSA) is 59.6 Å². The van der Waals surface area contributed by atoms with E-state index in [0.717, 1.165) is 30.8 Å².